The predicted octanol–water partition coefficient (Wildman–Crippen LogP) is 3.21. The maximum Gasteiger partial charge on any atom is 0.322 e. The number of carbonyl (C=O) groups is 1. The van der Waals surface area contributed by atoms with Crippen LogP contribution in [0.3, 0.4) is 0 Å². The van der Waals surface area contributed by atoms with E-state index in [0.717, 1.165) is 60.1 Å². The van der Waals surface area contributed by atoms with E-state index in [1.54, 1.807) is 12.1 Å². The molecule has 0 spiro atoms. The fourth-order valence-corrected chi connectivity index (χ4v) is 5.89. The lowest BCUT2D eigenvalue weighted by Gasteiger charge is -2.35. The Balaban J connectivity index is 1.23. The summed E-state index contributed by atoms with van der Waals surface area (Å²) >= 11 is 1.12. The number of likely N-dealkylation sites (tertiary alicyclic amines) is 1. The average molecular weight is 494 g/mol. The molecule has 1 saturated heterocycles. The number of aryl methyl sites for hydroxylation is 2. The lowest BCUT2D eigenvalue weighted by Crippen LogP contribution is -2.48. The molecule has 0 saturated carbocycles. The summed E-state index contributed by atoms with van der Waals surface area (Å²) in [6, 6.07) is 9.35. The fourth-order valence-electron chi connectivity index (χ4n) is 5.13. The Labute approximate surface area is 208 Å². The van der Waals surface area contributed by atoms with Crippen LogP contribution in [0, 0.1) is 6.92 Å². The zero-order chi connectivity index (χ0) is 24.4. The minimum atomic E-state index is -0.170. The van der Waals surface area contributed by atoms with Gasteiger partial charge in [0.25, 0.3) is 5.91 Å². The predicted molar refractivity (Wildman–Crippen MR) is 135 cm³/mol. The van der Waals surface area contributed by atoms with E-state index in [9.17, 15) is 9.59 Å². The van der Waals surface area contributed by atoms with Gasteiger partial charge >= 0.3 is 4.87 Å². The number of aromatic amines is 1. The Bertz CT molecular complexity index is 1250. The number of hydrogen-bond donors (Lipinski definition) is 2. The van der Waals surface area contributed by atoms with Gasteiger partial charge in [0.1, 0.15) is 17.4 Å². The van der Waals surface area contributed by atoms with Crippen molar-refractivity contribution in [1.29, 1.82) is 0 Å². The molecular weight excluding hydrogens is 462 g/mol. The van der Waals surface area contributed by atoms with Crippen LogP contribution in [0.2, 0.25) is 0 Å². The van der Waals surface area contributed by atoms with Gasteiger partial charge in [-0.05, 0) is 94.1 Å². The summed E-state index contributed by atoms with van der Waals surface area (Å²) in [4.78, 5) is 31.4. The first-order valence-corrected chi connectivity index (χ1v) is 13.0. The lowest BCUT2D eigenvalue weighted by atomic mass is 9.92. The molecule has 9 heteroatoms. The highest BCUT2D eigenvalue weighted by molar-refractivity contribution is 7.08. The van der Waals surface area contributed by atoms with Crippen molar-refractivity contribution in [1.82, 2.24) is 25.4 Å². The second kappa shape index (κ2) is 10.3. The molecule has 1 aliphatic carbocycles. The van der Waals surface area contributed by atoms with Crippen LogP contribution in [0.15, 0.2) is 35.1 Å². The number of pyridine rings is 1. The van der Waals surface area contributed by atoms with Crippen molar-refractivity contribution in [3.05, 3.63) is 73.1 Å². The number of benzene rings is 1. The molecule has 1 amide bonds. The zero-order valence-corrected chi connectivity index (χ0v) is 21.0. The molecule has 0 radical (unpaired) electrons. The van der Waals surface area contributed by atoms with E-state index < -0.39 is 0 Å². The van der Waals surface area contributed by atoms with Crippen molar-refractivity contribution >= 4 is 17.2 Å². The second-order valence-electron chi connectivity index (χ2n) is 9.56. The monoisotopic (exact) mass is 493 g/mol. The van der Waals surface area contributed by atoms with Crippen molar-refractivity contribution in [2.24, 2.45) is 0 Å². The number of carbonyl (C=O) groups excluding carboxylic acids is 1. The summed E-state index contributed by atoms with van der Waals surface area (Å²) in [6.45, 7) is 4.16. The highest BCUT2D eigenvalue weighted by Crippen LogP contribution is 2.28. The van der Waals surface area contributed by atoms with Gasteiger partial charge in [-0.25, -0.2) is 5.10 Å². The molecular formula is C26H31N5O3S. The topological polar surface area (TPSA) is 100 Å². The number of likely N-dealkylation sites (N-methyl/N-ethyl adjacent to an activating group) is 1. The third kappa shape index (κ3) is 5.46. The number of hydrogen-bond acceptors (Lipinski definition) is 7. The molecule has 3 heterocycles. The number of piperidine rings is 1. The number of aromatic nitrogens is 3. The SMILES string of the molecule is Cc1cc(COc2ccc(C(=O)N[C@@H]3CCN(C)C[C@@H]3c3n[nH]c(=O)s3)cc2)c2c(n1)CCCC2. The molecule has 3 aromatic rings. The number of nitrogens with one attached hydrogen (secondary N) is 2. The molecule has 5 rings (SSSR count). The van der Waals surface area contributed by atoms with E-state index in [-0.39, 0.29) is 22.7 Å². The Morgan fingerprint density at radius 1 is 1.26 bits per heavy atom. The summed E-state index contributed by atoms with van der Waals surface area (Å²) < 4.78 is 6.08. The molecule has 35 heavy (non-hydrogen) atoms. The van der Waals surface area contributed by atoms with Crippen molar-refractivity contribution < 1.29 is 9.53 Å². The zero-order valence-electron chi connectivity index (χ0n) is 20.2. The normalized spacial score (nSPS) is 20.3. The third-order valence-electron chi connectivity index (χ3n) is 6.94. The molecule has 184 valence electrons. The molecule has 2 aliphatic rings. The van der Waals surface area contributed by atoms with Gasteiger partial charge in [-0.15, -0.1) is 0 Å². The Morgan fingerprint density at radius 3 is 2.83 bits per heavy atom. The van der Waals surface area contributed by atoms with Crippen LogP contribution >= 0.6 is 11.3 Å². The Kier molecular flexibility index (Phi) is 6.97. The largest absolute Gasteiger partial charge is 0.489 e. The number of amides is 1. The molecule has 1 fully saturated rings. The quantitative estimate of drug-likeness (QED) is 0.547. The van der Waals surface area contributed by atoms with E-state index in [2.05, 4.69) is 26.5 Å². The summed E-state index contributed by atoms with van der Waals surface area (Å²) in [5.41, 5.74) is 5.39. The number of ether oxygens (including phenoxy) is 1. The molecule has 2 aromatic heterocycles. The van der Waals surface area contributed by atoms with Crippen molar-refractivity contribution in [3.63, 3.8) is 0 Å². The Hall–Kier alpha value is -3.04. The smallest absolute Gasteiger partial charge is 0.322 e. The van der Waals surface area contributed by atoms with Gasteiger partial charge in [0.2, 0.25) is 0 Å². The molecule has 2 N–H and O–H groups in total. The van der Waals surface area contributed by atoms with Crippen LogP contribution in [0.25, 0.3) is 0 Å². The minimum Gasteiger partial charge on any atom is -0.489 e. The first kappa shape index (κ1) is 23.7. The first-order valence-electron chi connectivity index (χ1n) is 12.2. The third-order valence-corrected chi connectivity index (χ3v) is 7.82. The number of H-pyrrole nitrogens is 1. The van der Waals surface area contributed by atoms with Gasteiger partial charge in [0, 0.05) is 35.5 Å². The van der Waals surface area contributed by atoms with Crippen molar-refractivity contribution in [2.75, 3.05) is 20.1 Å². The van der Waals surface area contributed by atoms with Crippen LogP contribution < -0.4 is 14.9 Å². The first-order chi connectivity index (χ1) is 17.0. The van der Waals surface area contributed by atoms with Crippen LogP contribution in [-0.4, -0.2) is 52.2 Å². The van der Waals surface area contributed by atoms with Crippen molar-refractivity contribution in [2.45, 2.75) is 57.6 Å². The fraction of sp³-hybridized carbons (Fsp3) is 0.462. The van der Waals surface area contributed by atoms with Crippen molar-refractivity contribution in [3.8, 4) is 5.75 Å². The van der Waals surface area contributed by atoms with E-state index >= 15 is 0 Å². The molecule has 2 atom stereocenters. The molecule has 0 bridgehead atoms. The standard InChI is InChI=1S/C26H31N5O3S/c1-16-13-18(20-5-3-4-6-22(20)27-16)15-34-19-9-7-17(8-10-19)24(32)28-23-11-12-31(2)14-21(23)25-29-30-26(33)35-25/h7-10,13,21,23H,3-6,11-12,14-15H2,1-2H3,(H,28,32)(H,30,33)/t21-,23+/m0/s1. The molecule has 1 aliphatic heterocycles. The van der Waals surface area contributed by atoms with E-state index in [4.69, 9.17) is 9.72 Å². The highest BCUT2D eigenvalue weighted by atomic mass is 32.1. The second-order valence-corrected chi connectivity index (χ2v) is 10.6. The summed E-state index contributed by atoms with van der Waals surface area (Å²) in [6.07, 6.45) is 5.31. The lowest BCUT2D eigenvalue weighted by molar-refractivity contribution is 0.0904. The van der Waals surface area contributed by atoms with Gasteiger partial charge in [-0.3, -0.25) is 14.6 Å². The number of nitrogens with zero attached hydrogens (tertiary/aromatic N) is 3. The van der Waals surface area contributed by atoms with E-state index in [1.165, 1.54) is 29.7 Å². The highest BCUT2D eigenvalue weighted by Gasteiger charge is 2.32. The average Bonchev–Trinajstić information content (AvgIpc) is 3.30. The van der Waals surface area contributed by atoms with E-state index in [1.807, 2.05) is 26.1 Å². The molecule has 1 aromatic carbocycles. The minimum absolute atomic E-state index is 0.0148. The summed E-state index contributed by atoms with van der Waals surface area (Å²) in [5, 5.41) is 10.6. The van der Waals surface area contributed by atoms with Gasteiger partial charge in [-0.1, -0.05) is 11.3 Å². The number of fused-ring (bicyclic) bond motifs is 1. The maximum absolute atomic E-state index is 13.0. The maximum atomic E-state index is 13.0. The van der Waals surface area contributed by atoms with Gasteiger partial charge < -0.3 is 15.0 Å². The van der Waals surface area contributed by atoms with Crippen LogP contribution in [0.4, 0.5) is 0 Å². The van der Waals surface area contributed by atoms with Gasteiger partial charge in [0.05, 0.1) is 0 Å². The molecule has 8 nitrogen and oxygen atoms in total. The molecule has 0 unspecified atom stereocenters. The number of rotatable bonds is 6. The summed E-state index contributed by atoms with van der Waals surface area (Å²) in [7, 11) is 2.04. The van der Waals surface area contributed by atoms with E-state index in [0.29, 0.717) is 12.2 Å². The summed E-state index contributed by atoms with van der Waals surface area (Å²) in [5.74, 6) is 0.593. The van der Waals surface area contributed by atoms with Crippen LogP contribution in [-0.2, 0) is 19.4 Å². The van der Waals surface area contributed by atoms with Crippen LogP contribution in [0.1, 0.15) is 63.1 Å². The van der Waals surface area contributed by atoms with Crippen LogP contribution in [0.5, 0.6) is 5.75 Å². The van der Waals surface area contributed by atoms with Gasteiger partial charge in [-0.2, -0.15) is 5.10 Å². The van der Waals surface area contributed by atoms with Gasteiger partial charge in [0.15, 0.2) is 0 Å². The Morgan fingerprint density at radius 2 is 2.06 bits per heavy atom.